The van der Waals surface area contributed by atoms with Crippen LogP contribution in [0.1, 0.15) is 51.5 Å². The van der Waals surface area contributed by atoms with Crippen molar-refractivity contribution in [3.05, 3.63) is 23.8 Å². The molecule has 3 atom stereocenters. The van der Waals surface area contributed by atoms with E-state index in [9.17, 15) is 18.3 Å². The van der Waals surface area contributed by atoms with Gasteiger partial charge in [0.2, 0.25) is 15.9 Å². The molecule has 0 unspecified atom stereocenters. The van der Waals surface area contributed by atoms with Crippen molar-refractivity contribution in [1.82, 2.24) is 14.1 Å². The van der Waals surface area contributed by atoms with Gasteiger partial charge in [-0.25, -0.2) is 8.42 Å². The molecule has 9 heteroatoms. The van der Waals surface area contributed by atoms with Crippen molar-refractivity contribution >= 4 is 15.9 Å². The molecule has 1 N–H and O–H groups in total. The molecule has 0 aromatic heterocycles. The highest BCUT2D eigenvalue weighted by Crippen LogP contribution is 2.34. The van der Waals surface area contributed by atoms with Gasteiger partial charge in [-0.2, -0.15) is 4.31 Å². The standard InChI is InChI=1S/C27H41N3O5S/c1-20-16-30(21(2)19-31)36(33,34)26-14-13-23(12-8-11-22-9-6-7-10-22)15-24(26)35-25(20)17-29(5)27(32)18-28(3)4/h13-15,20-22,25,31H,6-7,9-11,16-19H2,1-5H3/t20-,21+,25-/m1/s1. The fourth-order valence-corrected chi connectivity index (χ4v) is 6.62. The second-order valence-corrected chi connectivity index (χ2v) is 12.4. The van der Waals surface area contributed by atoms with Crippen molar-refractivity contribution in [3.8, 4) is 17.6 Å². The Morgan fingerprint density at radius 1 is 1.25 bits per heavy atom. The molecule has 36 heavy (non-hydrogen) atoms. The number of sulfonamides is 1. The van der Waals surface area contributed by atoms with E-state index in [0.29, 0.717) is 18.0 Å². The molecule has 1 fully saturated rings. The van der Waals surface area contributed by atoms with Crippen LogP contribution in [-0.4, -0.2) is 93.1 Å². The van der Waals surface area contributed by atoms with Crippen LogP contribution in [0.25, 0.3) is 0 Å². The minimum Gasteiger partial charge on any atom is -0.487 e. The minimum atomic E-state index is -3.91. The Morgan fingerprint density at radius 3 is 2.58 bits per heavy atom. The summed E-state index contributed by atoms with van der Waals surface area (Å²) in [5.41, 5.74) is 0.702. The number of likely N-dealkylation sites (N-methyl/N-ethyl adjacent to an activating group) is 2. The Labute approximate surface area is 216 Å². The number of amides is 1. The van der Waals surface area contributed by atoms with E-state index in [1.807, 2.05) is 25.9 Å². The average Bonchev–Trinajstić information content (AvgIpc) is 3.33. The maximum Gasteiger partial charge on any atom is 0.247 e. The summed E-state index contributed by atoms with van der Waals surface area (Å²) < 4.78 is 34.9. The van der Waals surface area contributed by atoms with Crippen LogP contribution in [0.15, 0.2) is 23.1 Å². The molecular formula is C27H41N3O5S. The highest BCUT2D eigenvalue weighted by Gasteiger charge is 2.38. The van der Waals surface area contributed by atoms with E-state index < -0.39 is 22.2 Å². The third-order valence-corrected chi connectivity index (χ3v) is 9.12. The fourth-order valence-electron chi connectivity index (χ4n) is 4.80. The van der Waals surface area contributed by atoms with Crippen molar-refractivity contribution < 1.29 is 23.1 Å². The molecule has 1 aliphatic carbocycles. The molecule has 1 aromatic carbocycles. The summed E-state index contributed by atoms with van der Waals surface area (Å²) in [4.78, 5) is 16.1. The largest absolute Gasteiger partial charge is 0.487 e. The van der Waals surface area contributed by atoms with E-state index in [0.717, 1.165) is 6.42 Å². The van der Waals surface area contributed by atoms with E-state index in [-0.39, 0.29) is 42.2 Å². The predicted molar refractivity (Wildman–Crippen MR) is 140 cm³/mol. The molecule has 1 heterocycles. The Morgan fingerprint density at radius 2 is 1.94 bits per heavy atom. The minimum absolute atomic E-state index is 0.0437. The quantitative estimate of drug-likeness (QED) is 0.557. The lowest BCUT2D eigenvalue weighted by atomic mass is 10.0. The van der Waals surface area contributed by atoms with Crippen LogP contribution in [0.5, 0.6) is 5.75 Å². The monoisotopic (exact) mass is 519 g/mol. The molecule has 8 nitrogen and oxygen atoms in total. The smallest absolute Gasteiger partial charge is 0.247 e. The van der Waals surface area contributed by atoms with Gasteiger partial charge in [-0.05, 0) is 58.0 Å². The molecule has 0 spiro atoms. The number of carbonyl (C=O) groups excluding carboxylic acids is 1. The zero-order valence-electron chi connectivity index (χ0n) is 22.2. The Kier molecular flexibility index (Phi) is 9.81. The van der Waals surface area contributed by atoms with Gasteiger partial charge in [0.15, 0.2) is 0 Å². The molecule has 1 aromatic rings. The first-order valence-corrected chi connectivity index (χ1v) is 14.3. The van der Waals surface area contributed by atoms with E-state index in [2.05, 4.69) is 11.8 Å². The summed E-state index contributed by atoms with van der Waals surface area (Å²) in [6.45, 7) is 4.07. The zero-order valence-corrected chi connectivity index (χ0v) is 23.1. The van der Waals surface area contributed by atoms with Crippen LogP contribution in [0.3, 0.4) is 0 Å². The molecule has 0 saturated heterocycles. The van der Waals surface area contributed by atoms with Crippen LogP contribution in [-0.2, 0) is 14.8 Å². The van der Waals surface area contributed by atoms with Gasteiger partial charge in [-0.3, -0.25) is 4.79 Å². The lowest BCUT2D eigenvalue weighted by molar-refractivity contribution is -0.132. The van der Waals surface area contributed by atoms with Gasteiger partial charge in [0.25, 0.3) is 0 Å². The lowest BCUT2D eigenvalue weighted by Crippen LogP contribution is -2.50. The number of nitrogens with zero attached hydrogens (tertiary/aromatic N) is 3. The number of fused-ring (bicyclic) bond motifs is 1. The number of ether oxygens (including phenoxy) is 1. The van der Waals surface area contributed by atoms with E-state index in [1.165, 1.54) is 30.0 Å². The zero-order chi connectivity index (χ0) is 26.5. The highest BCUT2D eigenvalue weighted by molar-refractivity contribution is 7.89. The van der Waals surface area contributed by atoms with Gasteiger partial charge in [0.1, 0.15) is 16.7 Å². The normalized spacial score (nSPS) is 23.1. The maximum atomic E-state index is 13.6. The van der Waals surface area contributed by atoms with E-state index in [1.54, 1.807) is 37.1 Å². The first kappa shape index (κ1) is 28.5. The number of benzene rings is 1. The van der Waals surface area contributed by atoms with Crippen molar-refractivity contribution in [2.75, 3.05) is 47.4 Å². The predicted octanol–water partition coefficient (Wildman–Crippen LogP) is 2.41. The van der Waals surface area contributed by atoms with Crippen LogP contribution < -0.4 is 4.74 Å². The third-order valence-electron chi connectivity index (χ3n) is 7.10. The van der Waals surface area contributed by atoms with Crippen molar-refractivity contribution in [2.45, 2.75) is 63.0 Å². The molecule has 200 valence electrons. The van der Waals surface area contributed by atoms with Crippen LogP contribution >= 0.6 is 0 Å². The summed E-state index contributed by atoms with van der Waals surface area (Å²) in [7, 11) is 1.50. The van der Waals surface area contributed by atoms with Gasteiger partial charge < -0.3 is 19.6 Å². The molecule has 3 rings (SSSR count). The Hall–Kier alpha value is -2.12. The molecule has 1 amide bonds. The average molecular weight is 520 g/mol. The Balaban J connectivity index is 1.95. The van der Waals surface area contributed by atoms with E-state index in [4.69, 9.17) is 4.74 Å². The van der Waals surface area contributed by atoms with E-state index >= 15 is 0 Å². The molecule has 1 aliphatic heterocycles. The number of hydrogen-bond donors (Lipinski definition) is 1. The summed E-state index contributed by atoms with van der Waals surface area (Å²) >= 11 is 0. The van der Waals surface area contributed by atoms with Gasteiger partial charge in [0.05, 0.1) is 19.7 Å². The number of rotatable bonds is 7. The third kappa shape index (κ3) is 7.00. The van der Waals surface area contributed by atoms with Gasteiger partial charge in [-0.1, -0.05) is 31.6 Å². The summed E-state index contributed by atoms with van der Waals surface area (Å²) in [6, 6.07) is 4.37. The van der Waals surface area contributed by atoms with Crippen LogP contribution in [0.2, 0.25) is 0 Å². The van der Waals surface area contributed by atoms with Gasteiger partial charge in [0, 0.05) is 37.5 Å². The summed E-state index contributed by atoms with van der Waals surface area (Å²) in [5, 5.41) is 9.80. The van der Waals surface area contributed by atoms with Crippen molar-refractivity contribution in [3.63, 3.8) is 0 Å². The molecule has 2 aliphatic rings. The second kappa shape index (κ2) is 12.4. The number of carbonyl (C=O) groups is 1. The maximum absolute atomic E-state index is 13.6. The second-order valence-electron chi connectivity index (χ2n) is 10.6. The SMILES string of the molecule is C[C@@H]1CN([C@@H](C)CO)S(=O)(=O)c2ccc(C#CCC3CCCC3)cc2O[C@@H]1CN(C)C(=O)CN(C)C. The van der Waals surface area contributed by atoms with Crippen molar-refractivity contribution in [1.29, 1.82) is 0 Å². The molecule has 0 radical (unpaired) electrons. The molecular weight excluding hydrogens is 478 g/mol. The topological polar surface area (TPSA) is 90.4 Å². The van der Waals surface area contributed by atoms with Gasteiger partial charge >= 0.3 is 0 Å². The molecule has 0 bridgehead atoms. The fraction of sp³-hybridized carbons (Fsp3) is 0.667. The lowest BCUT2D eigenvalue weighted by Gasteiger charge is -2.37. The summed E-state index contributed by atoms with van der Waals surface area (Å²) in [6.07, 6.45) is 5.38. The number of aliphatic hydroxyl groups excluding tert-OH is 1. The number of hydrogen-bond acceptors (Lipinski definition) is 6. The first-order valence-electron chi connectivity index (χ1n) is 12.8. The van der Waals surface area contributed by atoms with Crippen LogP contribution in [0.4, 0.5) is 0 Å². The highest BCUT2D eigenvalue weighted by atomic mass is 32.2. The number of aliphatic hydroxyl groups is 1. The summed E-state index contributed by atoms with van der Waals surface area (Å²) in [5.74, 6) is 7.07. The first-order chi connectivity index (χ1) is 17.0. The van der Waals surface area contributed by atoms with Crippen molar-refractivity contribution in [2.24, 2.45) is 11.8 Å². The Bertz CT molecular complexity index is 1070. The molecule has 1 saturated carbocycles. The van der Waals surface area contributed by atoms with Crippen LogP contribution in [0, 0.1) is 23.7 Å². The van der Waals surface area contributed by atoms with Gasteiger partial charge in [-0.15, -0.1) is 0 Å².